The molecule has 16 heavy (non-hydrogen) atoms. The van der Waals surface area contributed by atoms with E-state index in [4.69, 9.17) is 14.2 Å². The predicted molar refractivity (Wildman–Crippen MR) is 61.4 cm³/mol. The molecular weight excluding hydrogens is 210 g/mol. The van der Waals surface area contributed by atoms with E-state index in [0.29, 0.717) is 26.4 Å². The average molecular weight is 233 g/mol. The van der Waals surface area contributed by atoms with Gasteiger partial charge < -0.3 is 19.5 Å². The van der Waals surface area contributed by atoms with Crippen LogP contribution in [0.25, 0.3) is 0 Å². The van der Waals surface area contributed by atoms with E-state index in [1.54, 1.807) is 7.11 Å². The lowest BCUT2D eigenvalue weighted by molar-refractivity contribution is -0.153. The summed E-state index contributed by atoms with van der Waals surface area (Å²) >= 11 is 0. The van der Waals surface area contributed by atoms with Gasteiger partial charge in [-0.3, -0.25) is 4.79 Å². The first-order valence-electron chi connectivity index (χ1n) is 5.45. The van der Waals surface area contributed by atoms with Crippen molar-refractivity contribution in [2.24, 2.45) is 0 Å². The van der Waals surface area contributed by atoms with Crippen LogP contribution in [0.2, 0.25) is 0 Å². The van der Waals surface area contributed by atoms with Crippen molar-refractivity contribution in [1.29, 1.82) is 0 Å². The molecule has 0 aliphatic heterocycles. The van der Waals surface area contributed by atoms with E-state index in [1.807, 2.05) is 20.8 Å². The fourth-order valence-corrected chi connectivity index (χ4v) is 0.957. The topological polar surface area (TPSA) is 56.8 Å². The minimum Gasteiger partial charge on any atom is -0.459 e. The van der Waals surface area contributed by atoms with Gasteiger partial charge in [-0.15, -0.1) is 0 Å². The largest absolute Gasteiger partial charge is 0.459 e. The van der Waals surface area contributed by atoms with Crippen molar-refractivity contribution in [3.05, 3.63) is 0 Å². The van der Waals surface area contributed by atoms with Gasteiger partial charge in [-0.25, -0.2) is 0 Å². The molecule has 5 nitrogen and oxygen atoms in total. The van der Waals surface area contributed by atoms with E-state index < -0.39 is 5.60 Å². The van der Waals surface area contributed by atoms with Crippen LogP contribution in [0.5, 0.6) is 0 Å². The maximum absolute atomic E-state index is 11.2. The third kappa shape index (κ3) is 11.4. The first-order valence-corrected chi connectivity index (χ1v) is 5.45. The monoisotopic (exact) mass is 233 g/mol. The van der Waals surface area contributed by atoms with Gasteiger partial charge in [0, 0.05) is 13.7 Å². The number of hydrogen-bond acceptors (Lipinski definition) is 5. The number of nitrogens with one attached hydrogen (secondary N) is 1. The van der Waals surface area contributed by atoms with Gasteiger partial charge in [0.2, 0.25) is 0 Å². The standard InChI is InChI=1S/C11H23NO4/c1-11(2,3)16-10(13)9-12-5-6-15-8-7-14-4/h12H,5-9H2,1-4H3. The van der Waals surface area contributed by atoms with E-state index in [2.05, 4.69) is 5.32 Å². The lowest BCUT2D eigenvalue weighted by Gasteiger charge is -2.19. The zero-order valence-corrected chi connectivity index (χ0v) is 10.7. The highest BCUT2D eigenvalue weighted by molar-refractivity contribution is 5.72. The number of carbonyl (C=O) groups is 1. The summed E-state index contributed by atoms with van der Waals surface area (Å²) in [5.41, 5.74) is -0.423. The summed E-state index contributed by atoms with van der Waals surface area (Å²) in [5, 5.41) is 2.94. The Balaban J connectivity index is 3.28. The molecule has 0 radical (unpaired) electrons. The van der Waals surface area contributed by atoms with Gasteiger partial charge in [-0.05, 0) is 20.8 Å². The molecule has 0 rings (SSSR count). The number of esters is 1. The molecule has 0 saturated carbocycles. The molecule has 1 N–H and O–H groups in total. The summed E-state index contributed by atoms with van der Waals surface area (Å²) in [6.07, 6.45) is 0. The number of rotatable bonds is 8. The minimum absolute atomic E-state index is 0.213. The zero-order valence-electron chi connectivity index (χ0n) is 10.7. The van der Waals surface area contributed by atoms with Crippen LogP contribution >= 0.6 is 0 Å². The summed E-state index contributed by atoms with van der Waals surface area (Å²) in [6.45, 7) is 8.10. The first kappa shape index (κ1) is 15.3. The molecule has 0 unspecified atom stereocenters. The zero-order chi connectivity index (χ0) is 12.4. The summed E-state index contributed by atoms with van der Waals surface area (Å²) < 4.78 is 15.2. The van der Waals surface area contributed by atoms with Crippen molar-refractivity contribution in [3.8, 4) is 0 Å². The lowest BCUT2D eigenvalue weighted by atomic mass is 10.2. The Hall–Kier alpha value is -0.650. The van der Waals surface area contributed by atoms with E-state index in [9.17, 15) is 4.79 Å². The van der Waals surface area contributed by atoms with Crippen LogP contribution < -0.4 is 5.32 Å². The van der Waals surface area contributed by atoms with E-state index in [0.717, 1.165) is 0 Å². The van der Waals surface area contributed by atoms with Crippen LogP contribution in [0.15, 0.2) is 0 Å². The van der Waals surface area contributed by atoms with Crippen molar-refractivity contribution in [2.45, 2.75) is 26.4 Å². The molecule has 0 aromatic carbocycles. The highest BCUT2D eigenvalue weighted by Gasteiger charge is 2.15. The van der Waals surface area contributed by atoms with Gasteiger partial charge in [-0.2, -0.15) is 0 Å². The summed E-state index contributed by atoms with van der Waals surface area (Å²) in [6, 6.07) is 0. The normalized spacial score (nSPS) is 11.5. The Labute approximate surface area is 97.4 Å². The maximum atomic E-state index is 11.2. The van der Waals surface area contributed by atoms with Crippen LogP contribution in [0, 0.1) is 0 Å². The predicted octanol–water partition coefficient (Wildman–Crippen LogP) is 0.581. The number of methoxy groups -OCH3 is 1. The van der Waals surface area contributed by atoms with Gasteiger partial charge in [-0.1, -0.05) is 0 Å². The van der Waals surface area contributed by atoms with Gasteiger partial charge in [0.25, 0.3) is 0 Å². The maximum Gasteiger partial charge on any atom is 0.320 e. The second kappa shape index (κ2) is 8.50. The Kier molecular flexibility index (Phi) is 8.15. The molecule has 0 aliphatic carbocycles. The second-order valence-electron chi connectivity index (χ2n) is 4.37. The summed E-state index contributed by atoms with van der Waals surface area (Å²) in [5.74, 6) is -0.246. The van der Waals surface area contributed by atoms with E-state index >= 15 is 0 Å². The molecule has 0 bridgehead atoms. The molecule has 0 atom stereocenters. The van der Waals surface area contributed by atoms with Crippen LogP contribution in [0.1, 0.15) is 20.8 Å². The fourth-order valence-electron chi connectivity index (χ4n) is 0.957. The smallest absolute Gasteiger partial charge is 0.320 e. The Bertz CT molecular complexity index is 189. The van der Waals surface area contributed by atoms with Gasteiger partial charge >= 0.3 is 5.97 Å². The van der Waals surface area contributed by atoms with Crippen LogP contribution in [-0.4, -0.2) is 51.6 Å². The van der Waals surface area contributed by atoms with Crippen molar-refractivity contribution in [1.82, 2.24) is 5.32 Å². The number of carbonyl (C=O) groups excluding carboxylic acids is 1. The van der Waals surface area contributed by atoms with Gasteiger partial charge in [0.15, 0.2) is 0 Å². The second-order valence-corrected chi connectivity index (χ2v) is 4.37. The third-order valence-corrected chi connectivity index (χ3v) is 1.54. The van der Waals surface area contributed by atoms with E-state index in [-0.39, 0.29) is 12.5 Å². The molecule has 0 saturated heterocycles. The summed E-state index contributed by atoms with van der Waals surface area (Å²) in [7, 11) is 1.63. The molecule has 0 spiro atoms. The van der Waals surface area contributed by atoms with Crippen LogP contribution in [-0.2, 0) is 19.0 Å². The molecule has 0 aliphatic rings. The lowest BCUT2D eigenvalue weighted by Crippen LogP contribution is -2.33. The van der Waals surface area contributed by atoms with Crippen molar-refractivity contribution < 1.29 is 19.0 Å². The molecule has 0 heterocycles. The Morgan fingerprint density at radius 1 is 1.19 bits per heavy atom. The number of ether oxygens (including phenoxy) is 3. The van der Waals surface area contributed by atoms with Crippen molar-refractivity contribution in [3.63, 3.8) is 0 Å². The first-order chi connectivity index (χ1) is 7.45. The number of hydrogen-bond donors (Lipinski definition) is 1. The van der Waals surface area contributed by atoms with Gasteiger partial charge in [0.1, 0.15) is 5.60 Å². The molecule has 0 aromatic rings. The van der Waals surface area contributed by atoms with Crippen molar-refractivity contribution in [2.75, 3.05) is 40.0 Å². The molecule has 0 amide bonds. The van der Waals surface area contributed by atoms with Crippen molar-refractivity contribution >= 4 is 5.97 Å². The molecule has 0 aromatic heterocycles. The average Bonchev–Trinajstić information content (AvgIpc) is 2.13. The molecule has 96 valence electrons. The fraction of sp³-hybridized carbons (Fsp3) is 0.909. The van der Waals surface area contributed by atoms with E-state index in [1.165, 1.54) is 0 Å². The SMILES string of the molecule is COCCOCCNCC(=O)OC(C)(C)C. The Morgan fingerprint density at radius 2 is 1.88 bits per heavy atom. The summed E-state index contributed by atoms with van der Waals surface area (Å²) in [4.78, 5) is 11.2. The highest BCUT2D eigenvalue weighted by atomic mass is 16.6. The minimum atomic E-state index is -0.423. The Morgan fingerprint density at radius 3 is 2.44 bits per heavy atom. The molecule has 5 heteroatoms. The van der Waals surface area contributed by atoms with Gasteiger partial charge in [0.05, 0.1) is 26.4 Å². The highest BCUT2D eigenvalue weighted by Crippen LogP contribution is 2.05. The molecule has 0 fully saturated rings. The third-order valence-electron chi connectivity index (χ3n) is 1.54. The van der Waals surface area contributed by atoms with Crippen LogP contribution in [0.3, 0.4) is 0 Å². The molecular formula is C11H23NO4. The van der Waals surface area contributed by atoms with Crippen LogP contribution in [0.4, 0.5) is 0 Å². The quantitative estimate of drug-likeness (QED) is 0.491.